The molecule has 5 aliphatic carbocycles. The molecule has 3 fully saturated rings. The maximum absolute atomic E-state index is 12.7. The van der Waals surface area contributed by atoms with Crippen molar-refractivity contribution in [3.8, 4) is 0 Å². The summed E-state index contributed by atoms with van der Waals surface area (Å²) in [6, 6.07) is 0. The van der Waals surface area contributed by atoms with Crippen LogP contribution in [0.5, 0.6) is 0 Å². The van der Waals surface area contributed by atoms with Crippen LogP contribution in [-0.4, -0.2) is 11.6 Å². The van der Waals surface area contributed by atoms with E-state index >= 15 is 0 Å². The van der Waals surface area contributed by atoms with Crippen molar-refractivity contribution in [2.24, 2.45) is 29.1 Å². The summed E-state index contributed by atoms with van der Waals surface area (Å²) in [5.41, 5.74) is 4.91. The third-order valence-electron chi connectivity index (χ3n) is 8.04. The molecule has 0 spiro atoms. The third-order valence-corrected chi connectivity index (χ3v) is 8.04. The summed E-state index contributed by atoms with van der Waals surface area (Å²) in [5.74, 6) is 3.51. The van der Waals surface area contributed by atoms with Crippen molar-refractivity contribution in [3.63, 3.8) is 0 Å². The zero-order valence-electron chi connectivity index (χ0n) is 15.5. The second-order valence-electron chi connectivity index (χ2n) is 9.72. The molecular formula is C23H30O2. The molecule has 0 aromatic heterocycles. The number of Topliss-reactive ketones (excluding diaryl/α,β-unsaturated/α-hetero) is 1. The fraction of sp³-hybridized carbons (Fsp3) is 0.739. The first-order chi connectivity index (χ1) is 12.1. The molecule has 5 rings (SSSR count). The van der Waals surface area contributed by atoms with Crippen molar-refractivity contribution in [1.82, 2.24) is 0 Å². The van der Waals surface area contributed by atoms with Crippen LogP contribution in [-0.2, 0) is 9.59 Å². The highest BCUT2D eigenvalue weighted by molar-refractivity contribution is 5.93. The minimum absolute atomic E-state index is 0.305. The Kier molecular flexibility index (Phi) is 3.63. The molecule has 25 heavy (non-hydrogen) atoms. The van der Waals surface area contributed by atoms with E-state index in [0.717, 1.165) is 43.9 Å². The van der Waals surface area contributed by atoms with Crippen LogP contribution in [0.4, 0.5) is 0 Å². The molecule has 0 bridgehead atoms. The Morgan fingerprint density at radius 3 is 2.80 bits per heavy atom. The van der Waals surface area contributed by atoms with Gasteiger partial charge in [0.1, 0.15) is 5.78 Å². The predicted octanol–water partition coefficient (Wildman–Crippen LogP) is 5.18. The molecular weight excluding hydrogens is 308 g/mol. The summed E-state index contributed by atoms with van der Waals surface area (Å²) in [6.07, 6.45) is 14.1. The molecule has 2 nitrogen and oxygen atoms in total. The molecule has 2 heteroatoms. The lowest BCUT2D eigenvalue weighted by atomic mass is 9.56. The first-order valence-electron chi connectivity index (χ1n) is 10.5. The van der Waals surface area contributed by atoms with Crippen LogP contribution in [0.2, 0.25) is 0 Å². The number of carbonyl (C=O) groups excluding carboxylic acids is 2. The Morgan fingerprint density at radius 1 is 1.16 bits per heavy atom. The van der Waals surface area contributed by atoms with Gasteiger partial charge in [0.05, 0.1) is 0 Å². The van der Waals surface area contributed by atoms with E-state index in [4.69, 9.17) is 0 Å². The average Bonchev–Trinajstić information content (AvgIpc) is 3.37. The molecule has 0 amide bonds. The fourth-order valence-corrected chi connectivity index (χ4v) is 6.90. The smallest absolute Gasteiger partial charge is 0.156 e. The molecule has 134 valence electrons. The van der Waals surface area contributed by atoms with Crippen molar-refractivity contribution in [3.05, 3.63) is 22.8 Å². The molecule has 0 aliphatic heterocycles. The van der Waals surface area contributed by atoms with Crippen molar-refractivity contribution in [2.75, 3.05) is 0 Å². The lowest BCUT2D eigenvalue weighted by molar-refractivity contribution is -0.124. The fourth-order valence-electron chi connectivity index (χ4n) is 6.90. The second kappa shape index (κ2) is 5.66. The Balaban J connectivity index is 1.48. The van der Waals surface area contributed by atoms with Gasteiger partial charge in [-0.15, -0.1) is 0 Å². The first-order valence-corrected chi connectivity index (χ1v) is 10.5. The quantitative estimate of drug-likeness (QED) is 0.711. The van der Waals surface area contributed by atoms with Crippen molar-refractivity contribution < 1.29 is 9.59 Å². The summed E-state index contributed by atoms with van der Waals surface area (Å²) in [7, 11) is 0. The van der Waals surface area contributed by atoms with Gasteiger partial charge in [-0.1, -0.05) is 12.5 Å². The second-order valence-corrected chi connectivity index (χ2v) is 9.72. The van der Waals surface area contributed by atoms with E-state index in [9.17, 15) is 9.59 Å². The number of rotatable bonds is 3. The number of allylic oxidation sites excluding steroid dienone is 4. The number of hydrogen-bond donors (Lipinski definition) is 0. The summed E-state index contributed by atoms with van der Waals surface area (Å²) in [6.45, 7) is 2.40. The minimum atomic E-state index is 0.305. The lowest BCUT2D eigenvalue weighted by Crippen LogP contribution is -2.40. The average molecular weight is 338 g/mol. The molecule has 0 heterocycles. The molecule has 0 aromatic rings. The highest BCUT2D eigenvalue weighted by atomic mass is 16.1. The predicted molar refractivity (Wildman–Crippen MR) is 98.0 cm³/mol. The van der Waals surface area contributed by atoms with Crippen LogP contribution in [0.15, 0.2) is 22.8 Å². The van der Waals surface area contributed by atoms with Crippen molar-refractivity contribution in [1.29, 1.82) is 0 Å². The summed E-state index contributed by atoms with van der Waals surface area (Å²) in [4.78, 5) is 24.5. The Labute approximate surface area is 151 Å². The summed E-state index contributed by atoms with van der Waals surface area (Å²) in [5, 5.41) is 0. The van der Waals surface area contributed by atoms with Crippen LogP contribution in [0.3, 0.4) is 0 Å². The topological polar surface area (TPSA) is 34.1 Å². The van der Waals surface area contributed by atoms with Gasteiger partial charge in [0.25, 0.3) is 0 Å². The van der Waals surface area contributed by atoms with Gasteiger partial charge in [0, 0.05) is 18.8 Å². The number of carbonyl (C=O) groups is 2. The van der Waals surface area contributed by atoms with E-state index in [-0.39, 0.29) is 0 Å². The third kappa shape index (κ3) is 2.59. The monoisotopic (exact) mass is 338 g/mol. The molecule has 0 radical (unpaired) electrons. The van der Waals surface area contributed by atoms with E-state index < -0.39 is 0 Å². The lowest BCUT2D eigenvalue weighted by Gasteiger charge is -2.48. The van der Waals surface area contributed by atoms with Gasteiger partial charge in [0.2, 0.25) is 0 Å². The van der Waals surface area contributed by atoms with Gasteiger partial charge in [-0.05, 0) is 98.2 Å². The normalized spacial score (nSPS) is 40.3. The molecule has 0 aromatic carbocycles. The molecule has 0 saturated heterocycles. The number of fused-ring (bicyclic) bond motifs is 4. The van der Waals surface area contributed by atoms with Gasteiger partial charge in [-0.25, -0.2) is 0 Å². The highest BCUT2D eigenvalue weighted by Gasteiger charge is 2.54. The standard InChI is InChI=1S/C23H30O2/c1-14-10-21-20-6-4-16-11-17(24)5-7-18(16)19(20)8-9-23(21,12-14)13-22(25)15-2-3-15/h11,14-15,20-21H,2-10,12-13H2,1H3/t14?,20-,21+,23-/m1/s1. The summed E-state index contributed by atoms with van der Waals surface area (Å²) < 4.78 is 0. The minimum Gasteiger partial charge on any atom is -0.299 e. The van der Waals surface area contributed by atoms with Crippen LogP contribution < -0.4 is 0 Å². The van der Waals surface area contributed by atoms with E-state index in [2.05, 4.69) is 6.92 Å². The van der Waals surface area contributed by atoms with E-state index in [1.165, 1.54) is 37.7 Å². The number of hydrogen-bond acceptors (Lipinski definition) is 2. The molecule has 1 unspecified atom stereocenters. The van der Waals surface area contributed by atoms with Crippen LogP contribution in [0.1, 0.15) is 77.6 Å². The SMILES string of the molecule is CC1C[C@H]2[C@@H]3CCC4=CC(=O)CCC4=C3CC[C@]2(CC(=O)C2CC2)C1. The van der Waals surface area contributed by atoms with Crippen LogP contribution in [0.25, 0.3) is 0 Å². The summed E-state index contributed by atoms with van der Waals surface area (Å²) >= 11 is 0. The van der Waals surface area contributed by atoms with Gasteiger partial charge in [-0.3, -0.25) is 9.59 Å². The molecule has 4 atom stereocenters. The van der Waals surface area contributed by atoms with Crippen LogP contribution >= 0.6 is 0 Å². The maximum atomic E-state index is 12.7. The van der Waals surface area contributed by atoms with E-state index in [1.807, 2.05) is 6.08 Å². The van der Waals surface area contributed by atoms with Crippen molar-refractivity contribution in [2.45, 2.75) is 77.6 Å². The Morgan fingerprint density at radius 2 is 2.00 bits per heavy atom. The molecule has 3 saturated carbocycles. The van der Waals surface area contributed by atoms with Gasteiger partial charge >= 0.3 is 0 Å². The van der Waals surface area contributed by atoms with Gasteiger partial charge in [-0.2, -0.15) is 0 Å². The largest absolute Gasteiger partial charge is 0.299 e. The van der Waals surface area contributed by atoms with Gasteiger partial charge < -0.3 is 0 Å². The zero-order valence-corrected chi connectivity index (χ0v) is 15.5. The van der Waals surface area contributed by atoms with E-state index in [1.54, 1.807) is 11.1 Å². The van der Waals surface area contributed by atoms with Gasteiger partial charge in [0.15, 0.2) is 5.78 Å². The van der Waals surface area contributed by atoms with E-state index in [0.29, 0.717) is 35.2 Å². The maximum Gasteiger partial charge on any atom is 0.156 e. The first kappa shape index (κ1) is 16.0. The number of ketones is 2. The Bertz CT molecular complexity index is 693. The zero-order chi connectivity index (χ0) is 17.2. The van der Waals surface area contributed by atoms with Crippen LogP contribution in [0, 0.1) is 29.1 Å². The molecule has 5 aliphatic rings. The van der Waals surface area contributed by atoms with Crippen molar-refractivity contribution >= 4 is 11.6 Å². The Hall–Kier alpha value is -1.18. The molecule has 0 N–H and O–H groups in total. The highest BCUT2D eigenvalue weighted by Crippen LogP contribution is 2.63.